The lowest BCUT2D eigenvalue weighted by molar-refractivity contribution is 0.393. The van der Waals surface area contributed by atoms with Crippen molar-refractivity contribution < 1.29 is 0 Å². The molecule has 1 aliphatic heterocycles. The Kier molecular flexibility index (Phi) is 2.56. The zero-order valence-electron chi connectivity index (χ0n) is 9.17. The van der Waals surface area contributed by atoms with Gasteiger partial charge in [0, 0.05) is 25.7 Å². The summed E-state index contributed by atoms with van der Waals surface area (Å²) in [5.41, 5.74) is 4.06. The van der Waals surface area contributed by atoms with Gasteiger partial charge in [-0.15, -0.1) is 0 Å². The monoisotopic (exact) mass is 194 g/mol. The predicted molar refractivity (Wildman–Crippen MR) is 56.0 cm³/mol. The van der Waals surface area contributed by atoms with Crippen molar-refractivity contribution in [2.75, 3.05) is 20.6 Å². The highest BCUT2D eigenvalue weighted by Gasteiger charge is 2.18. The van der Waals surface area contributed by atoms with Crippen LogP contribution in [0.2, 0.25) is 0 Å². The molecule has 2 heterocycles. The molecule has 1 N–H and O–H groups in total. The van der Waals surface area contributed by atoms with Crippen molar-refractivity contribution in [3.05, 3.63) is 17.0 Å². The third-order valence-corrected chi connectivity index (χ3v) is 2.67. The van der Waals surface area contributed by atoms with Gasteiger partial charge < -0.3 is 10.2 Å². The lowest BCUT2D eigenvalue weighted by Gasteiger charge is -2.15. The Balaban J connectivity index is 2.31. The van der Waals surface area contributed by atoms with E-state index in [9.17, 15) is 0 Å². The Bertz CT molecular complexity index is 327. The normalized spacial score (nSPS) is 16.0. The molecular weight excluding hydrogens is 176 g/mol. The summed E-state index contributed by atoms with van der Waals surface area (Å²) in [5, 5.41) is 7.94. The zero-order chi connectivity index (χ0) is 10.1. The minimum atomic E-state index is 0.948. The molecule has 0 unspecified atom stereocenters. The molecule has 0 amide bonds. The van der Waals surface area contributed by atoms with Crippen LogP contribution in [0.4, 0.5) is 0 Å². The third-order valence-electron chi connectivity index (χ3n) is 2.67. The molecule has 1 aliphatic rings. The Hall–Kier alpha value is -0.870. The molecular formula is C10H18N4. The summed E-state index contributed by atoms with van der Waals surface area (Å²) in [5.74, 6) is 0. The molecule has 0 saturated carbocycles. The summed E-state index contributed by atoms with van der Waals surface area (Å²) in [6.45, 7) is 2.99. The van der Waals surface area contributed by atoms with Gasteiger partial charge in [0.05, 0.1) is 11.4 Å². The number of aryl methyl sites for hydroxylation is 1. The van der Waals surface area contributed by atoms with E-state index in [0.717, 1.165) is 26.1 Å². The summed E-state index contributed by atoms with van der Waals surface area (Å²) >= 11 is 0. The average Bonchev–Trinajstić information content (AvgIpc) is 2.44. The minimum Gasteiger partial charge on any atom is -0.311 e. The fourth-order valence-corrected chi connectivity index (χ4v) is 2.02. The second-order valence-electron chi connectivity index (χ2n) is 4.16. The van der Waals surface area contributed by atoms with Gasteiger partial charge in [-0.3, -0.25) is 4.68 Å². The molecule has 1 aromatic heterocycles. The number of nitrogens with zero attached hydrogens (tertiary/aromatic N) is 3. The fourth-order valence-electron chi connectivity index (χ4n) is 2.02. The molecule has 0 bridgehead atoms. The van der Waals surface area contributed by atoms with Gasteiger partial charge in [0.15, 0.2) is 0 Å². The lowest BCUT2D eigenvalue weighted by Crippen LogP contribution is -2.25. The Morgan fingerprint density at radius 2 is 2.29 bits per heavy atom. The van der Waals surface area contributed by atoms with Crippen LogP contribution in [0.5, 0.6) is 0 Å². The molecule has 14 heavy (non-hydrogen) atoms. The summed E-state index contributed by atoms with van der Waals surface area (Å²) in [6.07, 6.45) is 1.12. The van der Waals surface area contributed by atoms with Crippen molar-refractivity contribution in [2.45, 2.75) is 19.5 Å². The molecule has 0 radical (unpaired) electrons. The molecule has 4 heteroatoms. The summed E-state index contributed by atoms with van der Waals surface area (Å²) in [7, 11) is 6.20. The highest BCUT2D eigenvalue weighted by Crippen LogP contribution is 2.18. The molecule has 0 fully saturated rings. The van der Waals surface area contributed by atoms with Crippen LogP contribution in [0.1, 0.15) is 17.0 Å². The molecule has 0 aliphatic carbocycles. The standard InChI is InChI=1S/C10H18N4/c1-13(2)7-9-8-4-5-11-6-10(8)14(3)12-9/h11H,4-7H2,1-3H3. The van der Waals surface area contributed by atoms with E-state index < -0.39 is 0 Å². The third kappa shape index (κ3) is 1.67. The van der Waals surface area contributed by atoms with Gasteiger partial charge in [-0.1, -0.05) is 0 Å². The minimum absolute atomic E-state index is 0.948. The quantitative estimate of drug-likeness (QED) is 0.726. The Morgan fingerprint density at radius 1 is 1.50 bits per heavy atom. The van der Waals surface area contributed by atoms with Crippen LogP contribution in [0.15, 0.2) is 0 Å². The van der Waals surface area contributed by atoms with Gasteiger partial charge in [-0.25, -0.2) is 0 Å². The van der Waals surface area contributed by atoms with Crippen molar-refractivity contribution in [2.24, 2.45) is 7.05 Å². The smallest absolute Gasteiger partial charge is 0.0800 e. The van der Waals surface area contributed by atoms with Crippen molar-refractivity contribution in [1.82, 2.24) is 20.0 Å². The summed E-state index contributed by atoms with van der Waals surface area (Å²) in [4.78, 5) is 2.17. The molecule has 4 nitrogen and oxygen atoms in total. The van der Waals surface area contributed by atoms with Crippen LogP contribution in [0.25, 0.3) is 0 Å². The Morgan fingerprint density at radius 3 is 3.00 bits per heavy atom. The molecule has 0 spiro atoms. The first kappa shape index (κ1) is 9.68. The highest BCUT2D eigenvalue weighted by molar-refractivity contribution is 5.28. The van der Waals surface area contributed by atoms with Crippen LogP contribution >= 0.6 is 0 Å². The van der Waals surface area contributed by atoms with Gasteiger partial charge in [0.1, 0.15) is 0 Å². The van der Waals surface area contributed by atoms with Gasteiger partial charge in [-0.05, 0) is 27.1 Å². The maximum absolute atomic E-state index is 4.57. The van der Waals surface area contributed by atoms with Gasteiger partial charge in [-0.2, -0.15) is 5.10 Å². The number of hydrogen-bond acceptors (Lipinski definition) is 3. The maximum Gasteiger partial charge on any atom is 0.0800 e. The lowest BCUT2D eigenvalue weighted by atomic mass is 10.1. The largest absolute Gasteiger partial charge is 0.311 e. The molecule has 0 aromatic carbocycles. The van der Waals surface area contributed by atoms with Crippen LogP contribution in [-0.4, -0.2) is 35.3 Å². The zero-order valence-corrected chi connectivity index (χ0v) is 9.17. The second kappa shape index (κ2) is 3.71. The highest BCUT2D eigenvalue weighted by atomic mass is 15.3. The van der Waals surface area contributed by atoms with Crippen molar-refractivity contribution in [3.8, 4) is 0 Å². The van der Waals surface area contributed by atoms with Crippen molar-refractivity contribution in [3.63, 3.8) is 0 Å². The van der Waals surface area contributed by atoms with E-state index in [1.54, 1.807) is 0 Å². The number of fused-ring (bicyclic) bond motifs is 1. The average molecular weight is 194 g/mol. The summed E-state index contributed by atoms with van der Waals surface area (Å²) in [6, 6.07) is 0. The van der Waals surface area contributed by atoms with Crippen molar-refractivity contribution >= 4 is 0 Å². The topological polar surface area (TPSA) is 33.1 Å². The van der Waals surface area contributed by atoms with Crippen LogP contribution < -0.4 is 5.32 Å². The summed E-state index contributed by atoms with van der Waals surface area (Å²) < 4.78 is 2.01. The van der Waals surface area contributed by atoms with E-state index in [0.29, 0.717) is 0 Å². The fraction of sp³-hybridized carbons (Fsp3) is 0.700. The van der Waals surface area contributed by atoms with Crippen molar-refractivity contribution in [1.29, 1.82) is 0 Å². The number of nitrogens with one attached hydrogen (secondary N) is 1. The van der Waals surface area contributed by atoms with Crippen LogP contribution in [-0.2, 0) is 26.6 Å². The van der Waals surface area contributed by atoms with Gasteiger partial charge >= 0.3 is 0 Å². The van der Waals surface area contributed by atoms with Crippen LogP contribution in [0, 0.1) is 0 Å². The molecule has 78 valence electrons. The Labute approximate surface area is 84.9 Å². The first-order chi connectivity index (χ1) is 6.68. The SMILES string of the molecule is CN(C)Cc1nn(C)c2c1CCNC2. The van der Waals surface area contributed by atoms with E-state index >= 15 is 0 Å². The van der Waals surface area contributed by atoms with Gasteiger partial charge in [0.2, 0.25) is 0 Å². The number of aromatic nitrogens is 2. The predicted octanol–water partition coefficient (Wildman–Crippen LogP) is 0.127. The van der Waals surface area contributed by atoms with Gasteiger partial charge in [0.25, 0.3) is 0 Å². The molecule has 0 atom stereocenters. The second-order valence-corrected chi connectivity index (χ2v) is 4.16. The first-order valence-electron chi connectivity index (χ1n) is 5.07. The molecule has 1 aromatic rings. The van der Waals surface area contributed by atoms with Crippen LogP contribution in [0.3, 0.4) is 0 Å². The van der Waals surface area contributed by atoms with E-state index in [2.05, 4.69) is 29.4 Å². The van der Waals surface area contributed by atoms with E-state index in [1.807, 2.05) is 11.7 Å². The van der Waals surface area contributed by atoms with E-state index in [1.165, 1.54) is 17.0 Å². The first-order valence-corrected chi connectivity index (χ1v) is 5.07. The molecule has 0 saturated heterocycles. The van der Waals surface area contributed by atoms with E-state index in [-0.39, 0.29) is 0 Å². The number of rotatable bonds is 2. The maximum atomic E-state index is 4.57. The number of hydrogen-bond donors (Lipinski definition) is 1. The van der Waals surface area contributed by atoms with E-state index in [4.69, 9.17) is 0 Å². The molecule has 2 rings (SSSR count).